The minimum atomic E-state index is -0.724. The highest BCUT2D eigenvalue weighted by Crippen LogP contribution is 2.43. The molecule has 3 aromatic carbocycles. The number of carbonyl (C=O) groups excluding carboxylic acids is 2. The molecule has 198 valence electrons. The Kier molecular flexibility index (Phi) is 9.31. The topological polar surface area (TPSA) is 103 Å². The Morgan fingerprint density at radius 3 is 2.44 bits per heavy atom. The van der Waals surface area contributed by atoms with Crippen LogP contribution in [-0.2, 0) is 9.59 Å². The Morgan fingerprint density at radius 1 is 1.03 bits per heavy atom. The summed E-state index contributed by atoms with van der Waals surface area (Å²) in [5, 5.41) is 20.2. The molecule has 2 amide bonds. The highest BCUT2D eigenvalue weighted by molar-refractivity contribution is 8.03. The number of hydrogen-bond acceptors (Lipinski definition) is 6. The van der Waals surface area contributed by atoms with Crippen molar-refractivity contribution < 1.29 is 14.3 Å². The van der Waals surface area contributed by atoms with E-state index in [0.29, 0.717) is 56.2 Å². The van der Waals surface area contributed by atoms with E-state index in [2.05, 4.69) is 22.0 Å². The number of allylic oxidation sites excluding steroid dienone is 2. The van der Waals surface area contributed by atoms with Gasteiger partial charge in [-0.1, -0.05) is 71.9 Å². The van der Waals surface area contributed by atoms with Crippen molar-refractivity contribution in [2.45, 2.75) is 19.8 Å². The van der Waals surface area contributed by atoms with Crippen LogP contribution in [0.2, 0.25) is 5.02 Å². The molecule has 1 heterocycles. The Bertz CT molecular complexity index is 1480. The van der Waals surface area contributed by atoms with Crippen LogP contribution in [0.4, 0.5) is 11.4 Å². The summed E-state index contributed by atoms with van der Waals surface area (Å²) in [5.41, 5.74) is 3.08. The zero-order valence-electron chi connectivity index (χ0n) is 21.5. The van der Waals surface area contributed by atoms with E-state index in [1.165, 1.54) is 11.8 Å². The van der Waals surface area contributed by atoms with Gasteiger partial charge < -0.3 is 20.7 Å². The first-order valence-electron chi connectivity index (χ1n) is 12.3. The third-order valence-corrected chi connectivity index (χ3v) is 7.31. The van der Waals surface area contributed by atoms with Crippen LogP contribution in [-0.4, -0.2) is 24.2 Å². The summed E-state index contributed by atoms with van der Waals surface area (Å²) in [6, 6.07) is 25.7. The van der Waals surface area contributed by atoms with Gasteiger partial charge in [0.1, 0.15) is 5.75 Å². The molecule has 0 radical (unpaired) electrons. The van der Waals surface area contributed by atoms with E-state index in [0.717, 1.165) is 0 Å². The summed E-state index contributed by atoms with van der Waals surface area (Å²) < 4.78 is 5.59. The lowest BCUT2D eigenvalue weighted by molar-refractivity contribution is -0.114. The van der Waals surface area contributed by atoms with E-state index in [4.69, 9.17) is 16.3 Å². The number of hydrogen-bond donors (Lipinski definition) is 3. The van der Waals surface area contributed by atoms with Crippen LogP contribution in [0.3, 0.4) is 0 Å². The summed E-state index contributed by atoms with van der Waals surface area (Å²) in [5.74, 6) is -0.724. The van der Waals surface area contributed by atoms with Gasteiger partial charge in [-0.2, -0.15) is 5.26 Å². The Morgan fingerprint density at radius 2 is 1.72 bits per heavy atom. The lowest BCUT2D eigenvalue weighted by Crippen LogP contribution is -2.31. The first kappa shape index (κ1) is 27.8. The molecule has 0 fully saturated rings. The fourth-order valence-electron chi connectivity index (χ4n) is 4.24. The fourth-order valence-corrected chi connectivity index (χ4v) is 5.38. The SMILES string of the molecule is CCOc1ccccc1NC(=O)CSC1=C(C#N)[C@H](c2ccccc2Cl)C(C(=O)Nc2ccccc2)=C(C)N1. The molecule has 0 aliphatic carbocycles. The molecule has 1 atom stereocenters. The average Bonchev–Trinajstić information content (AvgIpc) is 2.93. The summed E-state index contributed by atoms with van der Waals surface area (Å²) in [7, 11) is 0. The Hall–Kier alpha value is -4.19. The van der Waals surface area contributed by atoms with E-state index in [1.807, 2.05) is 43.3 Å². The number of nitriles is 1. The normalized spacial score (nSPS) is 14.8. The Labute approximate surface area is 236 Å². The van der Waals surface area contributed by atoms with Crippen LogP contribution in [0.5, 0.6) is 5.75 Å². The van der Waals surface area contributed by atoms with Gasteiger partial charge in [-0.05, 0) is 49.7 Å². The third-order valence-electron chi connectivity index (χ3n) is 5.95. The number of amides is 2. The molecule has 4 rings (SSSR count). The Balaban J connectivity index is 1.62. The van der Waals surface area contributed by atoms with Crippen LogP contribution in [0.25, 0.3) is 0 Å². The van der Waals surface area contributed by atoms with Gasteiger partial charge in [-0.15, -0.1) is 0 Å². The number of nitrogens with one attached hydrogen (secondary N) is 3. The summed E-state index contributed by atoms with van der Waals surface area (Å²) in [6.45, 7) is 4.12. The molecule has 3 aromatic rings. The number of rotatable bonds is 9. The van der Waals surface area contributed by atoms with Gasteiger partial charge in [-0.3, -0.25) is 9.59 Å². The van der Waals surface area contributed by atoms with Crippen molar-refractivity contribution >= 4 is 46.6 Å². The second kappa shape index (κ2) is 13.1. The predicted octanol–water partition coefficient (Wildman–Crippen LogP) is 6.45. The number of anilines is 2. The van der Waals surface area contributed by atoms with Gasteiger partial charge in [-0.25, -0.2) is 0 Å². The van der Waals surface area contributed by atoms with Gasteiger partial charge in [0.15, 0.2) is 0 Å². The quantitative estimate of drug-likeness (QED) is 0.279. The minimum absolute atomic E-state index is 0.0298. The number of nitrogens with zero attached hydrogens (tertiary/aromatic N) is 1. The summed E-state index contributed by atoms with van der Waals surface area (Å²) >= 11 is 7.76. The summed E-state index contributed by atoms with van der Waals surface area (Å²) in [6.07, 6.45) is 0. The van der Waals surface area contributed by atoms with Crippen molar-refractivity contribution in [2.75, 3.05) is 23.0 Å². The molecule has 1 aliphatic heterocycles. The molecular weight excluding hydrogens is 532 g/mol. The molecule has 0 bridgehead atoms. The van der Waals surface area contributed by atoms with E-state index < -0.39 is 5.92 Å². The largest absolute Gasteiger partial charge is 0.492 e. The number of benzene rings is 3. The van der Waals surface area contributed by atoms with Crippen molar-refractivity contribution in [3.63, 3.8) is 0 Å². The molecular formula is C30H27ClN4O3S. The molecule has 0 unspecified atom stereocenters. The molecule has 39 heavy (non-hydrogen) atoms. The number of carbonyl (C=O) groups is 2. The number of ether oxygens (including phenoxy) is 1. The van der Waals surface area contributed by atoms with Crippen molar-refractivity contribution in [3.05, 3.63) is 111 Å². The van der Waals surface area contributed by atoms with Crippen molar-refractivity contribution in [1.82, 2.24) is 5.32 Å². The maximum atomic E-state index is 13.5. The number of para-hydroxylation sites is 3. The molecule has 0 saturated heterocycles. The van der Waals surface area contributed by atoms with Crippen LogP contribution in [0, 0.1) is 11.3 Å². The maximum absolute atomic E-state index is 13.5. The monoisotopic (exact) mass is 558 g/mol. The second-order valence-electron chi connectivity index (χ2n) is 8.56. The second-order valence-corrected chi connectivity index (χ2v) is 9.95. The first-order valence-corrected chi connectivity index (χ1v) is 13.7. The molecule has 0 aromatic heterocycles. The van der Waals surface area contributed by atoms with Crippen LogP contribution < -0.4 is 20.7 Å². The lowest BCUT2D eigenvalue weighted by atomic mass is 9.82. The van der Waals surface area contributed by atoms with Gasteiger partial charge in [0.25, 0.3) is 5.91 Å². The minimum Gasteiger partial charge on any atom is -0.492 e. The number of halogens is 1. The highest BCUT2D eigenvalue weighted by Gasteiger charge is 2.36. The maximum Gasteiger partial charge on any atom is 0.254 e. The number of dihydropyridines is 1. The van der Waals surface area contributed by atoms with Crippen molar-refractivity contribution in [1.29, 1.82) is 5.26 Å². The molecule has 9 heteroatoms. The van der Waals surface area contributed by atoms with Gasteiger partial charge in [0, 0.05) is 22.0 Å². The molecule has 1 aliphatic rings. The van der Waals surface area contributed by atoms with Crippen molar-refractivity contribution in [3.8, 4) is 11.8 Å². The average molecular weight is 559 g/mol. The number of thioether (sulfide) groups is 1. The molecule has 3 N–H and O–H groups in total. The first-order chi connectivity index (χ1) is 18.9. The lowest BCUT2D eigenvalue weighted by Gasteiger charge is -2.30. The van der Waals surface area contributed by atoms with Crippen LogP contribution >= 0.6 is 23.4 Å². The van der Waals surface area contributed by atoms with Crippen LogP contribution in [0.1, 0.15) is 25.3 Å². The van der Waals surface area contributed by atoms with Crippen LogP contribution in [0.15, 0.2) is 101 Å². The molecule has 7 nitrogen and oxygen atoms in total. The van der Waals surface area contributed by atoms with E-state index in [1.54, 1.807) is 49.4 Å². The summed E-state index contributed by atoms with van der Waals surface area (Å²) in [4.78, 5) is 26.4. The molecule has 0 spiro atoms. The van der Waals surface area contributed by atoms with E-state index in [9.17, 15) is 14.9 Å². The zero-order valence-corrected chi connectivity index (χ0v) is 23.0. The fraction of sp³-hybridized carbons (Fsp3) is 0.167. The predicted molar refractivity (Wildman–Crippen MR) is 156 cm³/mol. The van der Waals surface area contributed by atoms with E-state index in [-0.39, 0.29) is 17.6 Å². The standard InChI is InChI=1S/C30H27ClN4O3S/c1-3-38-25-16-10-9-15-24(25)35-26(36)18-39-30-22(17-32)28(21-13-7-8-14-23(21)31)27(19(2)33-30)29(37)34-20-11-5-4-6-12-20/h4-16,28,33H,3,18H2,1-2H3,(H,34,37)(H,35,36)/t28-/m0/s1. The van der Waals surface area contributed by atoms with E-state index >= 15 is 0 Å². The van der Waals surface area contributed by atoms with Gasteiger partial charge in [0.2, 0.25) is 5.91 Å². The van der Waals surface area contributed by atoms with Crippen molar-refractivity contribution in [2.24, 2.45) is 0 Å². The van der Waals surface area contributed by atoms with Gasteiger partial charge >= 0.3 is 0 Å². The molecule has 0 saturated carbocycles. The zero-order chi connectivity index (χ0) is 27.8. The van der Waals surface area contributed by atoms with Gasteiger partial charge in [0.05, 0.1) is 40.6 Å². The smallest absolute Gasteiger partial charge is 0.254 e. The third kappa shape index (κ3) is 6.63. The highest BCUT2D eigenvalue weighted by atomic mass is 35.5.